The van der Waals surface area contributed by atoms with Gasteiger partial charge in [0.15, 0.2) is 5.82 Å². The predicted molar refractivity (Wildman–Crippen MR) is 162 cm³/mol. The molecule has 0 aliphatic carbocycles. The lowest BCUT2D eigenvalue weighted by molar-refractivity contribution is 1.15. The maximum atomic E-state index is 10.4. The first-order chi connectivity index (χ1) is 20.2. The third-order valence-electron chi connectivity index (χ3n) is 7.30. The van der Waals surface area contributed by atoms with Gasteiger partial charge in [-0.1, -0.05) is 97.1 Å². The van der Waals surface area contributed by atoms with Crippen molar-refractivity contribution in [2.45, 2.75) is 0 Å². The number of para-hydroxylation sites is 2. The Morgan fingerprint density at radius 3 is 1.66 bits per heavy atom. The number of aromatic nitrogens is 3. The van der Waals surface area contributed by atoms with Gasteiger partial charge in [0.25, 0.3) is 0 Å². The van der Waals surface area contributed by atoms with Crippen LogP contribution in [0.5, 0.6) is 0 Å². The van der Waals surface area contributed by atoms with Gasteiger partial charge >= 0.3 is 0 Å². The van der Waals surface area contributed by atoms with Crippen LogP contribution in [0.25, 0.3) is 61.4 Å². The molecule has 0 bridgehead atoms. The van der Waals surface area contributed by atoms with Crippen molar-refractivity contribution in [3.8, 4) is 51.7 Å². The van der Waals surface area contributed by atoms with Crippen molar-refractivity contribution in [2.24, 2.45) is 0 Å². The van der Waals surface area contributed by atoms with Gasteiger partial charge in [0.05, 0.1) is 45.3 Å². The Balaban J connectivity index is 1.49. The molecule has 0 aliphatic heterocycles. The zero-order chi connectivity index (χ0) is 27.8. The minimum Gasteiger partial charge on any atom is -0.308 e. The minimum atomic E-state index is 0.428. The maximum Gasteiger partial charge on any atom is 0.160 e. The molecule has 5 heteroatoms. The van der Waals surface area contributed by atoms with Crippen molar-refractivity contribution in [3.63, 3.8) is 0 Å². The van der Waals surface area contributed by atoms with Crippen LogP contribution >= 0.6 is 0 Å². The van der Waals surface area contributed by atoms with Crippen LogP contribution in [0.2, 0.25) is 0 Å². The average Bonchev–Trinajstić information content (AvgIpc) is 3.39. The van der Waals surface area contributed by atoms with E-state index >= 15 is 0 Å². The van der Waals surface area contributed by atoms with E-state index in [-0.39, 0.29) is 0 Å². The van der Waals surface area contributed by atoms with Gasteiger partial charge in [-0.3, -0.25) is 0 Å². The van der Waals surface area contributed by atoms with Gasteiger partial charge in [-0.25, -0.2) is 9.97 Å². The van der Waals surface area contributed by atoms with Gasteiger partial charge in [-0.2, -0.15) is 10.5 Å². The second-order valence-electron chi connectivity index (χ2n) is 9.70. The fourth-order valence-electron chi connectivity index (χ4n) is 5.41. The van der Waals surface area contributed by atoms with Crippen molar-refractivity contribution in [2.75, 3.05) is 0 Å². The molecule has 0 amide bonds. The lowest BCUT2D eigenvalue weighted by atomic mass is 9.98. The molecule has 0 saturated heterocycles. The monoisotopic (exact) mass is 523 g/mol. The lowest BCUT2D eigenvalue weighted by Crippen LogP contribution is -2.02. The van der Waals surface area contributed by atoms with Crippen molar-refractivity contribution < 1.29 is 0 Å². The highest BCUT2D eigenvalue weighted by atomic mass is 15.0. The van der Waals surface area contributed by atoms with E-state index in [1.165, 1.54) is 0 Å². The molecule has 5 aromatic carbocycles. The maximum absolute atomic E-state index is 10.4. The normalized spacial score (nSPS) is 10.9. The molecule has 7 rings (SSSR count). The molecule has 5 nitrogen and oxygen atoms in total. The van der Waals surface area contributed by atoms with Gasteiger partial charge in [0.2, 0.25) is 0 Å². The largest absolute Gasteiger partial charge is 0.308 e. The van der Waals surface area contributed by atoms with Crippen LogP contribution < -0.4 is 0 Å². The zero-order valence-corrected chi connectivity index (χ0v) is 21.9. The van der Waals surface area contributed by atoms with Crippen LogP contribution in [0, 0.1) is 22.7 Å². The van der Waals surface area contributed by atoms with Crippen molar-refractivity contribution >= 4 is 21.8 Å². The van der Waals surface area contributed by atoms with Crippen LogP contribution in [-0.4, -0.2) is 14.5 Å². The fraction of sp³-hybridized carbons (Fsp3) is 0. The summed E-state index contributed by atoms with van der Waals surface area (Å²) in [5.41, 5.74) is 7.20. The Morgan fingerprint density at radius 1 is 0.512 bits per heavy atom. The highest BCUT2D eigenvalue weighted by Crippen LogP contribution is 2.36. The van der Waals surface area contributed by atoms with Crippen LogP contribution in [0.1, 0.15) is 11.1 Å². The molecule has 2 aromatic heterocycles. The van der Waals surface area contributed by atoms with Gasteiger partial charge in [0.1, 0.15) is 6.07 Å². The summed E-state index contributed by atoms with van der Waals surface area (Å²) in [6.07, 6.45) is 0. The van der Waals surface area contributed by atoms with E-state index < -0.39 is 0 Å². The van der Waals surface area contributed by atoms with E-state index in [4.69, 9.17) is 9.97 Å². The number of nitriles is 2. The second kappa shape index (κ2) is 9.93. The average molecular weight is 524 g/mol. The molecule has 7 aromatic rings. The Kier molecular flexibility index (Phi) is 5.82. The zero-order valence-electron chi connectivity index (χ0n) is 21.9. The topological polar surface area (TPSA) is 78.3 Å². The second-order valence-corrected chi connectivity index (χ2v) is 9.70. The third-order valence-corrected chi connectivity index (χ3v) is 7.30. The Hall–Kier alpha value is -6.04. The molecule has 0 spiro atoms. The van der Waals surface area contributed by atoms with Crippen molar-refractivity contribution in [3.05, 3.63) is 139 Å². The van der Waals surface area contributed by atoms with Gasteiger partial charge in [-0.15, -0.1) is 0 Å². The molecule has 0 saturated carbocycles. The van der Waals surface area contributed by atoms with E-state index in [1.54, 1.807) is 12.1 Å². The quantitative estimate of drug-likeness (QED) is 0.232. The van der Waals surface area contributed by atoms with Gasteiger partial charge in [-0.05, 0) is 30.3 Å². The number of hydrogen-bond donors (Lipinski definition) is 0. The molecule has 190 valence electrons. The van der Waals surface area contributed by atoms with Crippen LogP contribution in [0.3, 0.4) is 0 Å². The highest BCUT2D eigenvalue weighted by Gasteiger charge is 2.19. The number of benzene rings is 5. The highest BCUT2D eigenvalue weighted by molar-refractivity contribution is 6.09. The standard InChI is InChI=1S/C36H21N5/c37-22-26-20-35(41-33-17-9-7-15-28(33)29-16-8-10-18-34(29)41)27(23-38)19-30(26)32-21-31(24-11-3-1-4-12-24)39-36(40-32)25-13-5-2-6-14-25/h1-21H. The molecule has 0 atom stereocenters. The molecule has 0 N–H and O–H groups in total. The number of rotatable bonds is 4. The minimum absolute atomic E-state index is 0.428. The summed E-state index contributed by atoms with van der Waals surface area (Å²) < 4.78 is 2.07. The predicted octanol–water partition coefficient (Wildman–Crippen LogP) is 8.32. The van der Waals surface area contributed by atoms with Crippen molar-refractivity contribution in [1.82, 2.24) is 14.5 Å². The molecule has 0 fully saturated rings. The first-order valence-corrected chi connectivity index (χ1v) is 13.2. The molecular formula is C36H21N5. The summed E-state index contributed by atoms with van der Waals surface area (Å²) in [5, 5.41) is 22.9. The number of hydrogen-bond acceptors (Lipinski definition) is 4. The summed E-state index contributed by atoms with van der Waals surface area (Å²) in [5.74, 6) is 0.552. The first kappa shape index (κ1) is 24.0. The molecule has 2 heterocycles. The number of fused-ring (bicyclic) bond motifs is 3. The Labute approximate surface area is 236 Å². The first-order valence-electron chi connectivity index (χ1n) is 13.2. The van der Waals surface area contributed by atoms with Gasteiger partial charge < -0.3 is 4.57 Å². The van der Waals surface area contributed by atoms with Crippen molar-refractivity contribution in [1.29, 1.82) is 10.5 Å². The Bertz CT molecular complexity index is 2050. The summed E-state index contributed by atoms with van der Waals surface area (Å²) in [7, 11) is 0. The van der Waals surface area contributed by atoms with E-state index in [2.05, 4.69) is 28.8 Å². The summed E-state index contributed by atoms with van der Waals surface area (Å²) in [6.45, 7) is 0. The van der Waals surface area contributed by atoms with E-state index in [9.17, 15) is 10.5 Å². The fourth-order valence-corrected chi connectivity index (χ4v) is 5.41. The SMILES string of the molecule is N#Cc1cc(-n2c3ccccc3c3ccccc32)c(C#N)cc1-c1cc(-c2ccccc2)nc(-c2ccccc2)n1. The molecule has 41 heavy (non-hydrogen) atoms. The van der Waals surface area contributed by atoms with E-state index in [1.807, 2.05) is 103 Å². The summed E-state index contributed by atoms with van der Waals surface area (Å²) >= 11 is 0. The molecule has 0 aliphatic rings. The van der Waals surface area contributed by atoms with E-state index in [0.717, 1.165) is 38.6 Å². The molecule has 0 unspecified atom stereocenters. The van der Waals surface area contributed by atoms with Crippen LogP contribution in [0.4, 0.5) is 0 Å². The Morgan fingerprint density at radius 2 is 1.05 bits per heavy atom. The molecular weight excluding hydrogens is 502 g/mol. The van der Waals surface area contributed by atoms with E-state index in [0.29, 0.717) is 33.9 Å². The summed E-state index contributed by atoms with van der Waals surface area (Å²) in [4.78, 5) is 9.76. The van der Waals surface area contributed by atoms with Crippen LogP contribution in [-0.2, 0) is 0 Å². The van der Waals surface area contributed by atoms with Gasteiger partial charge in [0, 0.05) is 27.5 Å². The smallest absolute Gasteiger partial charge is 0.160 e. The summed E-state index contributed by atoms with van der Waals surface area (Å²) in [6, 6.07) is 46.1. The van der Waals surface area contributed by atoms with Crippen LogP contribution in [0.15, 0.2) is 127 Å². The lowest BCUT2D eigenvalue weighted by Gasteiger charge is -2.14. The molecule has 0 radical (unpaired) electrons. The third kappa shape index (κ3) is 4.10. The number of nitrogens with zero attached hydrogens (tertiary/aromatic N) is 5.